The Labute approximate surface area is 808 Å². The van der Waals surface area contributed by atoms with E-state index in [0.717, 1.165) is 94.8 Å². The minimum absolute atomic E-state index is 0.00397. The monoisotopic (exact) mass is 1940 g/mol. The number of rotatable bonds is 18. The summed E-state index contributed by atoms with van der Waals surface area (Å²) in [6.07, 6.45) is 34.9. The van der Waals surface area contributed by atoms with E-state index in [1.54, 1.807) is 146 Å². The summed E-state index contributed by atoms with van der Waals surface area (Å²) in [6.45, 7) is 4.90. The number of hydrogen-bond donors (Lipinski definition) is 16. The lowest BCUT2D eigenvalue weighted by Crippen LogP contribution is -2.48. The summed E-state index contributed by atoms with van der Waals surface area (Å²) in [6, 6.07) is 14.5. The highest BCUT2D eigenvalue weighted by molar-refractivity contribution is 7.92. The molecule has 0 saturated carbocycles. The normalized spacial score (nSPS) is 13.0. The number of sulfonamides is 1. The second-order valence-corrected chi connectivity index (χ2v) is 35.3. The number of amides is 9. The van der Waals surface area contributed by atoms with Gasteiger partial charge in [0.05, 0.1) is 144 Å². The van der Waals surface area contributed by atoms with Gasteiger partial charge in [-0.2, -0.15) is 20.4 Å². The number of urea groups is 2. The van der Waals surface area contributed by atoms with Gasteiger partial charge in [0.15, 0.2) is 45.9 Å². The van der Waals surface area contributed by atoms with Crippen molar-refractivity contribution in [3.63, 3.8) is 0 Å². The lowest BCUT2D eigenvalue weighted by atomic mass is 9.96. The molecule has 0 bridgehead atoms. The van der Waals surface area contributed by atoms with Crippen molar-refractivity contribution in [2.24, 2.45) is 5.92 Å². The minimum atomic E-state index is -3.44. The predicted molar refractivity (Wildman–Crippen MR) is 532 cm³/mol. The first kappa shape index (κ1) is 93.2. The average Bonchev–Trinajstić information content (AvgIpc) is 1.63. The Morgan fingerprint density at radius 2 is 0.636 bits per heavy atom. The van der Waals surface area contributed by atoms with Crippen LogP contribution in [0.2, 0.25) is 0 Å². The van der Waals surface area contributed by atoms with E-state index in [-0.39, 0.29) is 47.5 Å². The Balaban J connectivity index is 0.000000121. The van der Waals surface area contributed by atoms with Crippen molar-refractivity contribution in [3.05, 3.63) is 195 Å². The van der Waals surface area contributed by atoms with Gasteiger partial charge in [-0.15, -0.1) is 0 Å². The summed E-state index contributed by atoms with van der Waals surface area (Å²) in [5.41, 5.74) is 18.7. The van der Waals surface area contributed by atoms with Crippen molar-refractivity contribution < 1.29 is 42.0 Å². The van der Waals surface area contributed by atoms with E-state index < -0.39 is 10.0 Å². The molecule has 143 heavy (non-hydrogen) atoms. The first-order valence-corrected chi connectivity index (χ1v) is 46.3. The average molecular weight is 1940 g/mol. The number of piperazine rings is 1. The number of nitrogens with one attached hydrogen (secondary N) is 16. The molecular weight excluding hydrogens is 1850 g/mol. The number of aromatic amines is 8. The third-order valence-electron chi connectivity index (χ3n) is 23.7. The number of carbonyl (C=O) groups excluding carboxylic acids is 7. The summed E-state index contributed by atoms with van der Waals surface area (Å²) in [5, 5.41) is 51.1. The quantitative estimate of drug-likeness (QED) is 0.0381. The van der Waals surface area contributed by atoms with E-state index in [0.29, 0.717) is 187 Å². The number of pyridine rings is 12. The van der Waals surface area contributed by atoms with Crippen LogP contribution in [-0.2, 0) is 14.8 Å². The summed E-state index contributed by atoms with van der Waals surface area (Å²) in [5.74, 6) is 0.907. The van der Waals surface area contributed by atoms with Crippen molar-refractivity contribution in [1.82, 2.24) is 181 Å². The molecule has 22 heterocycles. The van der Waals surface area contributed by atoms with Crippen molar-refractivity contribution in [2.45, 2.75) is 12.8 Å². The topological polar surface area (TPSA) is 647 Å². The fourth-order valence-electron chi connectivity index (χ4n) is 16.2. The number of likely N-dealkylation sites (tertiary alicyclic amines) is 1. The molecule has 0 radical (unpaired) electrons. The summed E-state index contributed by atoms with van der Waals surface area (Å²) in [7, 11) is 10.2. The Kier molecular flexibility index (Phi) is 25.8. The molecule has 20 aromatic rings. The largest absolute Gasteiger partial charge is 0.355 e. The number of nitrogens with zero attached hydrogens (tertiary/aromatic N) is 24. The van der Waals surface area contributed by atoms with Crippen molar-refractivity contribution in [2.75, 3.05) is 123 Å². The molecule has 0 atom stereocenters. The highest BCUT2D eigenvalue weighted by Crippen LogP contribution is 2.37. The van der Waals surface area contributed by atoms with Crippen LogP contribution in [0, 0.1) is 5.92 Å². The van der Waals surface area contributed by atoms with Crippen LogP contribution in [-0.4, -0.2) is 312 Å². The number of fused-ring (bicyclic) bond motifs is 8. The number of likely N-dealkylation sites (N-methyl/N-ethyl adjacent to an activating group) is 1. The summed E-state index contributed by atoms with van der Waals surface area (Å²) < 4.78 is 25.5. The van der Waals surface area contributed by atoms with Gasteiger partial charge in [0, 0.05) is 193 Å². The number of H-pyrrole nitrogens is 8. The Hall–Kier alpha value is -18.9. The summed E-state index contributed by atoms with van der Waals surface area (Å²) >= 11 is 0. The molecule has 2 fully saturated rings. The van der Waals surface area contributed by atoms with Gasteiger partial charge in [-0.25, -0.2) is 57.9 Å². The molecule has 22 rings (SSSR count). The fourth-order valence-corrected chi connectivity index (χ4v) is 16.7. The van der Waals surface area contributed by atoms with E-state index in [9.17, 15) is 42.0 Å². The zero-order valence-electron chi connectivity index (χ0n) is 77.7. The lowest BCUT2D eigenvalue weighted by molar-refractivity contribution is -0.121. The highest BCUT2D eigenvalue weighted by Gasteiger charge is 2.29. The van der Waals surface area contributed by atoms with Gasteiger partial charge in [-0.1, -0.05) is 0 Å². The lowest BCUT2D eigenvalue weighted by Gasteiger charge is -2.32. The van der Waals surface area contributed by atoms with Gasteiger partial charge in [-0.3, -0.25) is 89.0 Å². The number of imidazole rings is 4. The molecule has 16 N–H and O–H groups in total. The predicted octanol–water partition coefficient (Wildman–Crippen LogP) is 8.80. The van der Waals surface area contributed by atoms with E-state index in [1.165, 1.54) is 35.9 Å². The molecule has 2 aliphatic heterocycles. The Morgan fingerprint density at radius 3 is 0.951 bits per heavy atom. The van der Waals surface area contributed by atoms with E-state index in [2.05, 4.69) is 199 Å². The van der Waals surface area contributed by atoms with Crippen LogP contribution < -0.4 is 41.9 Å². The van der Waals surface area contributed by atoms with Gasteiger partial charge in [-0.05, 0) is 88.6 Å². The number of anilines is 4. The maximum absolute atomic E-state index is 12.8. The van der Waals surface area contributed by atoms with Crippen LogP contribution in [0.5, 0.6) is 0 Å². The molecular formula is C93H88N40O9S. The number of carbonyl (C=O) groups is 7. The molecule has 2 aliphatic rings. The molecule has 0 unspecified atom stereocenters. The third-order valence-corrected chi connectivity index (χ3v) is 24.3. The third kappa shape index (κ3) is 19.8. The van der Waals surface area contributed by atoms with Crippen LogP contribution in [0.4, 0.5) is 32.3 Å². The molecule has 720 valence electrons. The molecule has 0 aliphatic carbocycles. The molecule has 2 saturated heterocycles. The number of aromatic nitrogens is 28. The maximum Gasteiger partial charge on any atom is 0.321 e. The van der Waals surface area contributed by atoms with Crippen LogP contribution in [0.3, 0.4) is 0 Å². The molecule has 20 aromatic heterocycles. The molecule has 49 nitrogen and oxygen atoms in total. The number of hydrogen-bond acceptors (Lipinski definition) is 31. The standard InChI is InChI=1S/C26H26N10O2.C25H25N11O2.C22H20N10O2.C20H17N9O3S/c1-27-26(38)19-12-29-13-20-21(19)33-24(32-20)22-18-8-16(10-30-23(18)35-34-22)15-7-17(11-28-9-15)31-25(37)14-3-5-36(2)6-4-14;1-26-24(37)18-12-28-13-19-20(18)32-23(31-19)21-17-8-15(10-29-22(17)34-33-21)14-7-16(11-27-9-14)30-25(38)36-5-3-35(2)4-6-36;1-23-21(33)15-9-25-10-16-17(15)29-20(28-16)18-14-5-12(7-26-19(14)31-30-18)11-4-13(8-24-6-11)27-22(34)32(2)3;1-21-20(30)14-8-23-9-15-16(14)26-19(25-15)17-13-4-11(6-24-18(13)28-27-17)10-3-12(7-22-5-10)29-33(2,31)32/h7-14H,3-6H2,1-2H3,(H,27,38)(H,31,37)(H,32,33)(H,30,34,35);7-13H,3-6H2,1-2H3,(H,26,37)(H,30,38)(H,31,32)(H,29,33,34);4-10H,1-3H3,(H,23,33)(H,27,34)(H,28,29)(H,26,30,31);3-9,29H,1-2H3,(H,21,30)(H,25,26)(H,24,27,28). The van der Waals surface area contributed by atoms with Crippen LogP contribution in [0.1, 0.15) is 54.3 Å². The number of piperidine rings is 1. The van der Waals surface area contributed by atoms with Crippen molar-refractivity contribution >= 4 is 163 Å². The molecule has 9 amide bonds. The maximum atomic E-state index is 12.8. The zero-order valence-corrected chi connectivity index (χ0v) is 78.5. The van der Waals surface area contributed by atoms with Crippen LogP contribution in [0.25, 0.3) is 179 Å². The van der Waals surface area contributed by atoms with E-state index >= 15 is 0 Å². The van der Waals surface area contributed by atoms with Gasteiger partial charge >= 0.3 is 12.1 Å². The zero-order chi connectivity index (χ0) is 99.4. The fraction of sp³-hybridized carbons (Fsp3) is 0.194. The Bertz CT molecular complexity index is 8230. The summed E-state index contributed by atoms with van der Waals surface area (Å²) in [4.78, 5) is 177. The van der Waals surface area contributed by atoms with Crippen LogP contribution in [0.15, 0.2) is 172 Å². The first-order valence-electron chi connectivity index (χ1n) is 44.4. The Morgan fingerprint density at radius 1 is 0.350 bits per heavy atom. The molecule has 0 aromatic carbocycles. The second-order valence-electron chi connectivity index (χ2n) is 33.6. The molecule has 50 heteroatoms. The van der Waals surface area contributed by atoms with Gasteiger partial charge < -0.3 is 76.8 Å². The minimum Gasteiger partial charge on any atom is -0.355 e. The highest BCUT2D eigenvalue weighted by atomic mass is 32.2. The first-order chi connectivity index (χ1) is 69.3. The SMILES string of the molecule is CNC(=O)c1cncc2[nH]c(-c3[nH]nc4ncc(-c5cncc(NC(=O)C6CCN(C)CC6)c5)cc34)nc12.CNC(=O)c1cncc2[nH]c(-c3[nH]nc4ncc(-c5cncc(NC(=O)N(C)C)c5)cc34)nc12.CNC(=O)c1cncc2[nH]c(-c3[nH]nc4ncc(-c5cncc(NC(=O)N6CCN(C)CC6)c5)cc34)nc12.CNC(=O)c1cncc2[nH]c(-c3[nH]nc4ncc(-c5cncc(NS(C)(=O)=O)c5)cc34)nc12. The van der Waals surface area contributed by atoms with Crippen LogP contribution >= 0.6 is 0 Å². The van der Waals surface area contributed by atoms with Gasteiger partial charge in [0.25, 0.3) is 23.6 Å². The van der Waals surface area contributed by atoms with Crippen molar-refractivity contribution in [3.8, 4) is 90.6 Å². The van der Waals surface area contributed by atoms with E-state index in [4.69, 9.17) is 0 Å². The van der Waals surface area contributed by atoms with Crippen molar-refractivity contribution in [1.29, 1.82) is 0 Å². The molecule has 0 spiro atoms. The van der Waals surface area contributed by atoms with Gasteiger partial charge in [0.2, 0.25) is 15.9 Å². The smallest absolute Gasteiger partial charge is 0.321 e. The second kappa shape index (κ2) is 39.7. The van der Waals surface area contributed by atoms with Gasteiger partial charge in [0.1, 0.15) is 44.8 Å². The van der Waals surface area contributed by atoms with E-state index in [1.807, 2.05) is 49.5 Å².